The summed E-state index contributed by atoms with van der Waals surface area (Å²) in [6, 6.07) is 9.06. The van der Waals surface area contributed by atoms with Gasteiger partial charge in [-0.2, -0.15) is 0 Å². The van der Waals surface area contributed by atoms with Gasteiger partial charge in [0, 0.05) is 0 Å². The molecule has 4 aliphatic carbocycles. The second kappa shape index (κ2) is 6.25. The van der Waals surface area contributed by atoms with Crippen LogP contribution >= 0.6 is 0 Å². The molecule has 0 aromatic heterocycles. The van der Waals surface area contributed by atoms with Gasteiger partial charge in [-0.05, 0) is 77.7 Å². The molecule has 0 amide bonds. The summed E-state index contributed by atoms with van der Waals surface area (Å²) >= 11 is 0. The zero-order valence-corrected chi connectivity index (χ0v) is 17.0. The van der Waals surface area contributed by atoms with Crippen molar-refractivity contribution in [3.63, 3.8) is 0 Å². The van der Waals surface area contributed by atoms with Gasteiger partial charge in [0.1, 0.15) is 0 Å². The normalized spacial score (nSPS) is 39.1. The Labute approximate surface area is 160 Å². The molecule has 0 spiro atoms. The number of rotatable bonds is 2. The topological polar surface area (TPSA) is 0 Å². The first kappa shape index (κ1) is 17.1. The molecule has 140 valence electrons. The van der Waals surface area contributed by atoms with Crippen molar-refractivity contribution in [1.82, 2.24) is 0 Å². The van der Waals surface area contributed by atoms with Crippen LogP contribution in [-0.4, -0.2) is 0 Å². The number of benzene rings is 1. The van der Waals surface area contributed by atoms with E-state index in [4.69, 9.17) is 0 Å². The highest BCUT2D eigenvalue weighted by Gasteiger charge is 2.53. The van der Waals surface area contributed by atoms with Crippen molar-refractivity contribution in [2.24, 2.45) is 40.9 Å². The summed E-state index contributed by atoms with van der Waals surface area (Å²) in [6.07, 6.45) is 14.4. The number of allylic oxidation sites excluding steroid dienone is 1. The molecule has 4 aliphatic rings. The molecule has 5 rings (SSSR count). The van der Waals surface area contributed by atoms with Crippen molar-refractivity contribution in [1.29, 1.82) is 0 Å². The van der Waals surface area contributed by atoms with E-state index < -0.39 is 0 Å². The molecule has 0 radical (unpaired) electrons. The second-order valence-electron chi connectivity index (χ2n) is 10.7. The Balaban J connectivity index is 1.42. The van der Waals surface area contributed by atoms with Gasteiger partial charge < -0.3 is 0 Å². The van der Waals surface area contributed by atoms with E-state index in [2.05, 4.69) is 51.1 Å². The SMILES string of the molecule is CC1CC2CC3CCCCC3CC2C1C(C)(C)C1=Cc2ccccc2C1. The van der Waals surface area contributed by atoms with Gasteiger partial charge in [-0.25, -0.2) is 0 Å². The standard InChI is InChI=1S/C26H36/c1-17-12-22-13-18-8-4-7-11-21(18)16-24(22)25(17)26(2,3)23-14-19-9-5-6-10-20(19)15-23/h5-6,9-10,14,17-18,21-22,24-25H,4,7-8,11-13,15-16H2,1-3H3. The van der Waals surface area contributed by atoms with Crippen LogP contribution in [0, 0.1) is 40.9 Å². The van der Waals surface area contributed by atoms with E-state index in [1.165, 1.54) is 44.1 Å². The molecule has 1 aromatic rings. The fourth-order valence-corrected chi connectivity index (χ4v) is 7.92. The predicted molar refractivity (Wildman–Crippen MR) is 111 cm³/mol. The number of hydrogen-bond donors (Lipinski definition) is 0. The van der Waals surface area contributed by atoms with Crippen molar-refractivity contribution >= 4 is 6.08 Å². The van der Waals surface area contributed by atoms with Gasteiger partial charge in [0.05, 0.1) is 0 Å². The monoisotopic (exact) mass is 348 g/mol. The van der Waals surface area contributed by atoms with E-state index in [9.17, 15) is 0 Å². The number of hydrogen-bond acceptors (Lipinski definition) is 0. The fraction of sp³-hybridized carbons (Fsp3) is 0.692. The lowest BCUT2D eigenvalue weighted by Gasteiger charge is -2.47. The van der Waals surface area contributed by atoms with Gasteiger partial charge >= 0.3 is 0 Å². The summed E-state index contributed by atoms with van der Waals surface area (Å²) in [4.78, 5) is 0. The van der Waals surface area contributed by atoms with Crippen LogP contribution < -0.4 is 0 Å². The van der Waals surface area contributed by atoms with E-state index in [-0.39, 0.29) is 0 Å². The van der Waals surface area contributed by atoms with E-state index in [1.807, 2.05) is 0 Å². The maximum atomic E-state index is 2.58. The Bertz CT molecular complexity index is 709. The molecular weight excluding hydrogens is 312 g/mol. The largest absolute Gasteiger partial charge is 0.0622 e. The Morgan fingerprint density at radius 3 is 2.38 bits per heavy atom. The third-order valence-electron chi connectivity index (χ3n) is 9.03. The van der Waals surface area contributed by atoms with Crippen LogP contribution in [0.1, 0.15) is 76.8 Å². The third kappa shape index (κ3) is 2.62. The molecule has 3 saturated carbocycles. The molecule has 0 N–H and O–H groups in total. The van der Waals surface area contributed by atoms with Gasteiger partial charge in [0.25, 0.3) is 0 Å². The molecule has 26 heavy (non-hydrogen) atoms. The third-order valence-corrected chi connectivity index (χ3v) is 9.03. The van der Waals surface area contributed by atoms with Crippen molar-refractivity contribution in [3.05, 3.63) is 41.0 Å². The molecule has 0 bridgehead atoms. The maximum Gasteiger partial charge on any atom is -0.00524 e. The Morgan fingerprint density at radius 1 is 0.885 bits per heavy atom. The van der Waals surface area contributed by atoms with Gasteiger partial charge in [-0.3, -0.25) is 0 Å². The minimum Gasteiger partial charge on any atom is -0.0622 e. The Morgan fingerprint density at radius 2 is 1.62 bits per heavy atom. The van der Waals surface area contributed by atoms with Gasteiger partial charge in [-0.1, -0.05) is 82.4 Å². The Kier molecular flexibility index (Phi) is 4.11. The smallest absolute Gasteiger partial charge is 0.00524 e. The zero-order chi connectivity index (χ0) is 17.9. The summed E-state index contributed by atoms with van der Waals surface area (Å²) in [5.74, 6) is 5.93. The summed E-state index contributed by atoms with van der Waals surface area (Å²) in [5.41, 5.74) is 5.09. The van der Waals surface area contributed by atoms with Crippen molar-refractivity contribution in [2.75, 3.05) is 0 Å². The summed E-state index contributed by atoms with van der Waals surface area (Å²) < 4.78 is 0. The molecular formula is C26H36. The fourth-order valence-electron chi connectivity index (χ4n) is 7.92. The molecule has 6 atom stereocenters. The van der Waals surface area contributed by atoms with E-state index in [0.717, 1.165) is 35.5 Å². The first-order chi connectivity index (χ1) is 12.5. The van der Waals surface area contributed by atoms with E-state index in [0.29, 0.717) is 5.41 Å². The first-order valence-corrected chi connectivity index (χ1v) is 11.3. The molecule has 3 fully saturated rings. The molecule has 0 saturated heterocycles. The molecule has 0 nitrogen and oxygen atoms in total. The second-order valence-corrected chi connectivity index (χ2v) is 10.7. The molecule has 6 unspecified atom stereocenters. The van der Waals surface area contributed by atoms with Gasteiger partial charge in [0.2, 0.25) is 0 Å². The lowest BCUT2D eigenvalue weighted by Crippen LogP contribution is -2.39. The lowest BCUT2D eigenvalue weighted by atomic mass is 9.58. The summed E-state index contributed by atoms with van der Waals surface area (Å²) in [7, 11) is 0. The number of fused-ring (bicyclic) bond motifs is 3. The molecule has 0 aliphatic heterocycles. The summed E-state index contributed by atoms with van der Waals surface area (Å²) in [5, 5.41) is 0. The van der Waals surface area contributed by atoms with Gasteiger partial charge in [-0.15, -0.1) is 0 Å². The zero-order valence-electron chi connectivity index (χ0n) is 17.0. The van der Waals surface area contributed by atoms with Crippen LogP contribution in [0.5, 0.6) is 0 Å². The van der Waals surface area contributed by atoms with Crippen LogP contribution in [-0.2, 0) is 6.42 Å². The van der Waals surface area contributed by atoms with Crippen LogP contribution in [0.3, 0.4) is 0 Å². The highest BCUT2D eigenvalue weighted by atomic mass is 14.6. The van der Waals surface area contributed by atoms with E-state index >= 15 is 0 Å². The van der Waals surface area contributed by atoms with Gasteiger partial charge in [0.15, 0.2) is 0 Å². The van der Waals surface area contributed by atoms with Crippen LogP contribution in [0.2, 0.25) is 0 Å². The molecule has 0 heterocycles. The minimum absolute atomic E-state index is 0.347. The first-order valence-electron chi connectivity index (χ1n) is 11.3. The highest BCUT2D eigenvalue weighted by Crippen LogP contribution is 2.61. The highest BCUT2D eigenvalue weighted by molar-refractivity contribution is 5.65. The van der Waals surface area contributed by atoms with Crippen LogP contribution in [0.4, 0.5) is 0 Å². The van der Waals surface area contributed by atoms with Crippen LogP contribution in [0.15, 0.2) is 29.8 Å². The molecule has 1 aromatic carbocycles. The predicted octanol–water partition coefficient (Wildman–Crippen LogP) is 7.14. The maximum absolute atomic E-state index is 2.58. The average molecular weight is 349 g/mol. The molecule has 0 heteroatoms. The van der Waals surface area contributed by atoms with Crippen molar-refractivity contribution in [2.45, 2.75) is 72.1 Å². The average Bonchev–Trinajstić information content (AvgIpc) is 3.20. The summed E-state index contributed by atoms with van der Waals surface area (Å²) in [6.45, 7) is 7.75. The van der Waals surface area contributed by atoms with E-state index in [1.54, 1.807) is 24.0 Å². The van der Waals surface area contributed by atoms with Crippen molar-refractivity contribution in [3.8, 4) is 0 Å². The minimum atomic E-state index is 0.347. The Hall–Kier alpha value is -1.04. The lowest BCUT2D eigenvalue weighted by molar-refractivity contribution is 0.0471. The van der Waals surface area contributed by atoms with Crippen molar-refractivity contribution < 1.29 is 0 Å². The quantitative estimate of drug-likeness (QED) is 0.533. The van der Waals surface area contributed by atoms with Crippen LogP contribution in [0.25, 0.3) is 6.08 Å².